The third-order valence-corrected chi connectivity index (χ3v) is 7.05. The van der Waals surface area contributed by atoms with Gasteiger partial charge in [0.15, 0.2) is 0 Å². The van der Waals surface area contributed by atoms with Crippen LogP contribution in [-0.4, -0.2) is 28.7 Å². The van der Waals surface area contributed by atoms with Gasteiger partial charge in [0.1, 0.15) is 6.04 Å². The Morgan fingerprint density at radius 3 is 2.23 bits per heavy atom. The molecule has 1 N–H and O–H groups in total. The van der Waals surface area contributed by atoms with Gasteiger partial charge < -0.3 is 5.32 Å². The summed E-state index contributed by atoms with van der Waals surface area (Å²) in [4.78, 5) is 41.5. The first-order valence-corrected chi connectivity index (χ1v) is 11.1. The average molecular weight is 415 g/mol. The number of aryl methyl sites for hydroxylation is 1. The maximum Gasteiger partial charge on any atom is 0.248 e. The molecule has 1 saturated heterocycles. The molecule has 3 amide bonds. The molecule has 2 bridgehead atoms. The van der Waals surface area contributed by atoms with Gasteiger partial charge in [-0.05, 0) is 41.9 Å². The number of carbonyl (C=O) groups is 3. The first-order valence-electron chi connectivity index (χ1n) is 11.1. The number of rotatable bonds is 6. The van der Waals surface area contributed by atoms with Crippen molar-refractivity contribution in [2.75, 3.05) is 5.32 Å². The fourth-order valence-corrected chi connectivity index (χ4v) is 5.54. The van der Waals surface area contributed by atoms with Crippen molar-refractivity contribution in [3.05, 3.63) is 77.9 Å². The maximum atomic E-state index is 13.5. The molecule has 2 aromatic carbocycles. The highest BCUT2D eigenvalue weighted by molar-refractivity contribution is 6.11. The van der Waals surface area contributed by atoms with E-state index in [0.29, 0.717) is 6.42 Å². The van der Waals surface area contributed by atoms with Crippen LogP contribution in [0, 0.1) is 23.7 Å². The summed E-state index contributed by atoms with van der Waals surface area (Å²) >= 11 is 0. The monoisotopic (exact) mass is 414 g/mol. The molecule has 2 aliphatic carbocycles. The Labute approximate surface area is 182 Å². The van der Waals surface area contributed by atoms with Gasteiger partial charge in [-0.1, -0.05) is 67.6 Å². The van der Waals surface area contributed by atoms with Crippen molar-refractivity contribution in [3.8, 4) is 0 Å². The topological polar surface area (TPSA) is 66.5 Å². The zero-order valence-electron chi connectivity index (χ0n) is 17.5. The number of anilines is 1. The molecule has 5 nitrogen and oxygen atoms in total. The quantitative estimate of drug-likeness (QED) is 0.580. The number of hydrogen-bond acceptors (Lipinski definition) is 3. The Morgan fingerprint density at radius 1 is 0.968 bits per heavy atom. The lowest BCUT2D eigenvalue weighted by atomic mass is 9.85. The van der Waals surface area contributed by atoms with Gasteiger partial charge in [0.25, 0.3) is 0 Å². The lowest BCUT2D eigenvalue weighted by molar-refractivity contribution is -0.147. The van der Waals surface area contributed by atoms with E-state index in [0.717, 1.165) is 29.7 Å². The van der Waals surface area contributed by atoms with E-state index in [1.54, 1.807) is 0 Å². The number of likely N-dealkylation sites (tertiary alicyclic amines) is 1. The largest absolute Gasteiger partial charge is 0.324 e. The zero-order valence-corrected chi connectivity index (χ0v) is 17.5. The van der Waals surface area contributed by atoms with E-state index in [4.69, 9.17) is 0 Å². The van der Waals surface area contributed by atoms with E-state index in [1.807, 2.05) is 61.5 Å². The van der Waals surface area contributed by atoms with Crippen LogP contribution in [0.4, 0.5) is 5.69 Å². The second-order valence-electron chi connectivity index (χ2n) is 8.75. The van der Waals surface area contributed by atoms with E-state index < -0.39 is 6.04 Å². The van der Waals surface area contributed by atoms with Gasteiger partial charge in [-0.25, -0.2) is 0 Å². The molecule has 5 atom stereocenters. The Morgan fingerprint density at radius 2 is 1.58 bits per heavy atom. The molecule has 1 saturated carbocycles. The first kappa shape index (κ1) is 19.7. The summed E-state index contributed by atoms with van der Waals surface area (Å²) in [5, 5.41) is 3.00. The molecule has 158 valence electrons. The number of nitrogens with zero attached hydrogens (tertiary/aromatic N) is 1. The molecule has 0 spiro atoms. The first-order chi connectivity index (χ1) is 15.1. The third-order valence-electron chi connectivity index (χ3n) is 7.05. The van der Waals surface area contributed by atoms with Gasteiger partial charge in [-0.3, -0.25) is 19.3 Å². The van der Waals surface area contributed by atoms with Crippen LogP contribution in [0.2, 0.25) is 0 Å². The fourth-order valence-electron chi connectivity index (χ4n) is 5.54. The summed E-state index contributed by atoms with van der Waals surface area (Å²) in [6.45, 7) is 2.03. The molecular weight excluding hydrogens is 388 g/mol. The number of amides is 3. The van der Waals surface area contributed by atoms with E-state index in [-0.39, 0.29) is 41.4 Å². The summed E-state index contributed by atoms with van der Waals surface area (Å²) in [7, 11) is 0. The Balaban J connectivity index is 1.47. The van der Waals surface area contributed by atoms with Crippen LogP contribution in [0.3, 0.4) is 0 Å². The third kappa shape index (κ3) is 3.29. The Hall–Kier alpha value is -3.21. The second kappa shape index (κ2) is 7.80. The fraction of sp³-hybridized carbons (Fsp3) is 0.346. The predicted molar refractivity (Wildman–Crippen MR) is 118 cm³/mol. The highest BCUT2D eigenvalue weighted by Crippen LogP contribution is 2.53. The van der Waals surface area contributed by atoms with Gasteiger partial charge >= 0.3 is 0 Å². The standard InChI is InChI=1S/C26H26N2O3/c1-2-17-10-6-7-11-20(17)27-24(29)21(14-16-8-4-3-5-9-16)28-25(30)22-18-12-13-19(15-18)23(22)26(28)31/h3-13,18-19,21-23H,2,14-15H2,1H3,(H,27,29)/t18-,19-,21-,22-,23+/m0/s1. The summed E-state index contributed by atoms with van der Waals surface area (Å²) in [6, 6.07) is 16.4. The molecule has 5 heteroatoms. The SMILES string of the molecule is CCc1ccccc1NC(=O)[C@H](Cc1ccccc1)N1C(=O)[C@@H]2[C@H](C1=O)[C@H]1C=C[C@H]2C1. The van der Waals surface area contributed by atoms with Crippen LogP contribution >= 0.6 is 0 Å². The summed E-state index contributed by atoms with van der Waals surface area (Å²) in [6.07, 6.45) is 6.11. The Kier molecular flexibility index (Phi) is 4.97. The molecule has 2 fully saturated rings. The molecule has 0 radical (unpaired) electrons. The second-order valence-corrected chi connectivity index (χ2v) is 8.75. The van der Waals surface area contributed by atoms with Crippen LogP contribution in [0.1, 0.15) is 24.5 Å². The molecule has 3 aliphatic rings. The summed E-state index contributed by atoms with van der Waals surface area (Å²) < 4.78 is 0. The minimum absolute atomic E-state index is 0.123. The lowest BCUT2D eigenvalue weighted by Crippen LogP contribution is -2.49. The van der Waals surface area contributed by atoms with E-state index >= 15 is 0 Å². The average Bonchev–Trinajstić information content (AvgIpc) is 3.47. The van der Waals surface area contributed by atoms with Gasteiger partial charge in [0, 0.05) is 12.1 Å². The van der Waals surface area contributed by atoms with Crippen LogP contribution in [0.15, 0.2) is 66.7 Å². The molecular formula is C26H26N2O3. The summed E-state index contributed by atoms with van der Waals surface area (Å²) in [5.41, 5.74) is 2.67. The number of allylic oxidation sites excluding steroid dienone is 2. The highest BCUT2D eigenvalue weighted by Gasteiger charge is 2.61. The smallest absolute Gasteiger partial charge is 0.248 e. The predicted octanol–water partition coefficient (Wildman–Crippen LogP) is 3.61. The number of benzene rings is 2. The molecule has 5 rings (SSSR count). The number of para-hydroxylation sites is 1. The van der Waals surface area contributed by atoms with Gasteiger partial charge in [-0.15, -0.1) is 0 Å². The molecule has 31 heavy (non-hydrogen) atoms. The molecule has 0 unspecified atom stereocenters. The van der Waals surface area contributed by atoms with Gasteiger partial charge in [0.2, 0.25) is 17.7 Å². The van der Waals surface area contributed by atoms with Crippen molar-refractivity contribution in [2.24, 2.45) is 23.7 Å². The van der Waals surface area contributed by atoms with Crippen molar-refractivity contribution in [3.63, 3.8) is 0 Å². The van der Waals surface area contributed by atoms with E-state index in [2.05, 4.69) is 17.5 Å². The number of nitrogens with one attached hydrogen (secondary N) is 1. The van der Waals surface area contributed by atoms with Gasteiger partial charge in [0.05, 0.1) is 11.8 Å². The van der Waals surface area contributed by atoms with E-state index in [9.17, 15) is 14.4 Å². The molecule has 0 aromatic heterocycles. The Bertz CT molecular complexity index is 1030. The minimum atomic E-state index is -0.864. The van der Waals surface area contributed by atoms with Crippen molar-refractivity contribution in [1.29, 1.82) is 0 Å². The van der Waals surface area contributed by atoms with Crippen molar-refractivity contribution in [1.82, 2.24) is 4.90 Å². The van der Waals surface area contributed by atoms with Crippen molar-refractivity contribution in [2.45, 2.75) is 32.2 Å². The van der Waals surface area contributed by atoms with Crippen molar-refractivity contribution < 1.29 is 14.4 Å². The molecule has 2 aromatic rings. The number of fused-ring (bicyclic) bond motifs is 5. The van der Waals surface area contributed by atoms with Crippen molar-refractivity contribution >= 4 is 23.4 Å². The maximum absolute atomic E-state index is 13.5. The van der Waals surface area contributed by atoms with Crippen LogP contribution in [0.25, 0.3) is 0 Å². The number of imide groups is 1. The molecule has 1 aliphatic heterocycles. The number of hydrogen-bond donors (Lipinski definition) is 1. The van der Waals surface area contributed by atoms with Crippen LogP contribution in [0.5, 0.6) is 0 Å². The van der Waals surface area contributed by atoms with Crippen LogP contribution in [-0.2, 0) is 27.2 Å². The van der Waals surface area contributed by atoms with Crippen LogP contribution < -0.4 is 5.32 Å². The van der Waals surface area contributed by atoms with Gasteiger partial charge in [-0.2, -0.15) is 0 Å². The number of carbonyl (C=O) groups excluding carboxylic acids is 3. The zero-order chi connectivity index (χ0) is 21.5. The van der Waals surface area contributed by atoms with E-state index in [1.165, 1.54) is 4.90 Å². The summed E-state index contributed by atoms with van der Waals surface area (Å²) in [5.74, 6) is -1.06. The molecule has 1 heterocycles. The lowest BCUT2D eigenvalue weighted by Gasteiger charge is -2.27. The highest BCUT2D eigenvalue weighted by atomic mass is 16.2. The minimum Gasteiger partial charge on any atom is -0.324 e. The normalized spacial score (nSPS) is 26.9.